The van der Waals surface area contributed by atoms with Gasteiger partial charge in [0.25, 0.3) is 17.4 Å². The van der Waals surface area contributed by atoms with Gasteiger partial charge in [-0.2, -0.15) is 0 Å². The average molecular weight is 410 g/mol. The Morgan fingerprint density at radius 1 is 1.10 bits per heavy atom. The highest BCUT2D eigenvalue weighted by atomic mass is 16.6. The van der Waals surface area contributed by atoms with Crippen LogP contribution in [-0.2, 0) is 9.59 Å². The van der Waals surface area contributed by atoms with Crippen LogP contribution in [0.25, 0.3) is 5.76 Å². The van der Waals surface area contributed by atoms with Gasteiger partial charge in [0.2, 0.25) is 0 Å². The minimum Gasteiger partial charge on any atom is -0.507 e. The summed E-state index contributed by atoms with van der Waals surface area (Å²) in [6, 6.07) is 7.77. The number of hydrogen-bond acceptors (Lipinski definition) is 6. The number of Topliss-reactive ketones (excluding diaryl/α,β-unsaturated/α-hetero) is 1. The van der Waals surface area contributed by atoms with E-state index in [0.717, 1.165) is 32.1 Å². The molecule has 1 unspecified atom stereocenters. The van der Waals surface area contributed by atoms with Crippen molar-refractivity contribution in [2.24, 2.45) is 0 Å². The van der Waals surface area contributed by atoms with Crippen molar-refractivity contribution in [2.45, 2.75) is 51.1 Å². The van der Waals surface area contributed by atoms with Gasteiger partial charge in [0.05, 0.1) is 10.5 Å². The number of nitro benzene ring substituents is 1. The maximum atomic E-state index is 13.0. The molecule has 8 nitrogen and oxygen atoms in total. The maximum Gasteiger partial charge on any atom is 0.296 e. The molecule has 1 saturated carbocycles. The quantitative estimate of drug-likeness (QED) is 0.265. The Morgan fingerprint density at radius 3 is 2.33 bits per heavy atom. The van der Waals surface area contributed by atoms with E-state index in [1.165, 1.54) is 24.3 Å². The van der Waals surface area contributed by atoms with Gasteiger partial charge in [0.15, 0.2) is 0 Å². The molecule has 4 rings (SSSR count). The van der Waals surface area contributed by atoms with Crippen molar-refractivity contribution in [1.29, 1.82) is 0 Å². The van der Waals surface area contributed by atoms with Gasteiger partial charge in [-0.05, 0) is 44.0 Å². The number of amides is 1. The fraction of sp³-hybridized carbons (Fsp3) is 0.364. The standard InChI is InChI=1S/C22H22N2O6/c1-13-7-12-17(30-13)19-18(20(25)14-8-10-16(11-9-14)24(28)29)21(26)22(27)23(19)15-5-3-2-4-6-15/h7-12,15,19,25H,2-6H2,1H3/b20-18-. The summed E-state index contributed by atoms with van der Waals surface area (Å²) in [5.41, 5.74) is 0.0525. The Balaban J connectivity index is 1.83. The van der Waals surface area contributed by atoms with Gasteiger partial charge >= 0.3 is 0 Å². The number of nitrogens with zero attached hydrogens (tertiary/aromatic N) is 2. The highest BCUT2D eigenvalue weighted by Gasteiger charge is 2.50. The molecular weight excluding hydrogens is 388 g/mol. The molecule has 2 aromatic rings. The summed E-state index contributed by atoms with van der Waals surface area (Å²) in [6.45, 7) is 1.77. The molecule has 2 heterocycles. The van der Waals surface area contributed by atoms with E-state index >= 15 is 0 Å². The Labute approximate surface area is 172 Å². The Kier molecular flexibility index (Phi) is 5.15. The first-order valence-corrected chi connectivity index (χ1v) is 9.99. The first-order chi connectivity index (χ1) is 14.4. The SMILES string of the molecule is Cc1ccc(C2/C(=C(/O)c3ccc([N+](=O)[O-])cc3)C(=O)C(=O)N2C2CCCCC2)o1. The van der Waals surface area contributed by atoms with Gasteiger partial charge in [0.1, 0.15) is 23.3 Å². The fourth-order valence-electron chi connectivity index (χ4n) is 4.36. The van der Waals surface area contributed by atoms with Crippen molar-refractivity contribution in [3.05, 3.63) is 69.2 Å². The van der Waals surface area contributed by atoms with E-state index in [9.17, 15) is 24.8 Å². The van der Waals surface area contributed by atoms with Gasteiger partial charge in [0, 0.05) is 23.7 Å². The van der Waals surface area contributed by atoms with Crippen LogP contribution < -0.4 is 0 Å². The second-order valence-electron chi connectivity index (χ2n) is 7.75. The summed E-state index contributed by atoms with van der Waals surface area (Å²) < 4.78 is 5.77. The molecule has 1 saturated heterocycles. The number of rotatable bonds is 4. The number of likely N-dealkylation sites (tertiary alicyclic amines) is 1. The molecule has 1 atom stereocenters. The molecule has 1 N–H and O–H groups in total. The van der Waals surface area contributed by atoms with Crippen LogP contribution in [0.5, 0.6) is 0 Å². The monoisotopic (exact) mass is 410 g/mol. The minimum absolute atomic E-state index is 0.0474. The number of aryl methyl sites for hydroxylation is 1. The van der Waals surface area contributed by atoms with E-state index in [1.54, 1.807) is 24.0 Å². The second kappa shape index (κ2) is 7.78. The largest absolute Gasteiger partial charge is 0.507 e. The van der Waals surface area contributed by atoms with Crippen LogP contribution >= 0.6 is 0 Å². The number of benzene rings is 1. The van der Waals surface area contributed by atoms with E-state index in [1.807, 2.05) is 0 Å². The third-order valence-corrected chi connectivity index (χ3v) is 5.83. The lowest BCUT2D eigenvalue weighted by molar-refractivity contribution is -0.384. The van der Waals surface area contributed by atoms with Crippen LogP contribution in [0, 0.1) is 17.0 Å². The van der Waals surface area contributed by atoms with E-state index in [2.05, 4.69) is 0 Å². The number of carbonyl (C=O) groups excluding carboxylic acids is 2. The summed E-state index contributed by atoms with van der Waals surface area (Å²) in [5, 5.41) is 21.9. The molecule has 156 valence electrons. The predicted molar refractivity (Wildman–Crippen MR) is 108 cm³/mol. The Bertz CT molecular complexity index is 1030. The molecule has 8 heteroatoms. The topological polar surface area (TPSA) is 114 Å². The van der Waals surface area contributed by atoms with E-state index in [4.69, 9.17) is 4.42 Å². The molecule has 1 aliphatic carbocycles. The zero-order chi connectivity index (χ0) is 21.4. The summed E-state index contributed by atoms with van der Waals surface area (Å²) in [5.74, 6) is -0.726. The van der Waals surface area contributed by atoms with Gasteiger partial charge in [-0.25, -0.2) is 0 Å². The smallest absolute Gasteiger partial charge is 0.296 e. The molecule has 2 aliphatic rings. The average Bonchev–Trinajstić information content (AvgIpc) is 3.29. The molecule has 2 fully saturated rings. The van der Waals surface area contributed by atoms with Gasteiger partial charge < -0.3 is 14.4 Å². The summed E-state index contributed by atoms with van der Waals surface area (Å²) in [6.07, 6.45) is 4.62. The molecule has 1 aromatic carbocycles. The van der Waals surface area contributed by atoms with Crippen LogP contribution in [0.2, 0.25) is 0 Å². The van der Waals surface area contributed by atoms with Crippen LogP contribution in [0.4, 0.5) is 5.69 Å². The molecule has 1 aromatic heterocycles. The van der Waals surface area contributed by atoms with Crippen molar-refractivity contribution in [2.75, 3.05) is 0 Å². The molecule has 0 spiro atoms. The third kappa shape index (κ3) is 3.38. The summed E-state index contributed by atoms with van der Waals surface area (Å²) >= 11 is 0. The highest BCUT2D eigenvalue weighted by molar-refractivity contribution is 6.46. The number of hydrogen-bond donors (Lipinski definition) is 1. The van der Waals surface area contributed by atoms with Crippen molar-refractivity contribution in [3.8, 4) is 0 Å². The van der Waals surface area contributed by atoms with Crippen molar-refractivity contribution < 1.29 is 24.0 Å². The molecule has 0 bridgehead atoms. The predicted octanol–water partition coefficient (Wildman–Crippen LogP) is 4.25. The van der Waals surface area contributed by atoms with Crippen LogP contribution in [0.1, 0.15) is 55.2 Å². The number of ketones is 1. The molecule has 1 aliphatic heterocycles. The zero-order valence-corrected chi connectivity index (χ0v) is 16.5. The van der Waals surface area contributed by atoms with Crippen molar-refractivity contribution in [3.63, 3.8) is 0 Å². The van der Waals surface area contributed by atoms with Gasteiger partial charge in [-0.1, -0.05) is 19.3 Å². The Morgan fingerprint density at radius 2 is 1.77 bits per heavy atom. The normalized spacial score (nSPS) is 21.9. The van der Waals surface area contributed by atoms with Crippen LogP contribution in [0.3, 0.4) is 0 Å². The molecule has 1 amide bonds. The number of non-ortho nitro benzene ring substituents is 1. The molecular formula is C22H22N2O6. The zero-order valence-electron chi connectivity index (χ0n) is 16.5. The van der Waals surface area contributed by atoms with Crippen LogP contribution in [0.15, 0.2) is 46.4 Å². The summed E-state index contributed by atoms with van der Waals surface area (Å²) in [7, 11) is 0. The first kappa shape index (κ1) is 19.9. The lowest BCUT2D eigenvalue weighted by Crippen LogP contribution is -2.40. The van der Waals surface area contributed by atoms with Crippen molar-refractivity contribution >= 4 is 23.1 Å². The lowest BCUT2D eigenvalue weighted by Gasteiger charge is -2.34. The number of aliphatic hydroxyl groups is 1. The molecule has 0 radical (unpaired) electrons. The van der Waals surface area contributed by atoms with Crippen molar-refractivity contribution in [1.82, 2.24) is 4.90 Å². The minimum atomic E-state index is -0.822. The highest BCUT2D eigenvalue weighted by Crippen LogP contribution is 2.43. The van der Waals surface area contributed by atoms with E-state index in [0.29, 0.717) is 11.5 Å². The maximum absolute atomic E-state index is 13.0. The number of furan rings is 1. The number of aliphatic hydroxyl groups excluding tert-OH is 1. The summed E-state index contributed by atoms with van der Waals surface area (Å²) in [4.78, 5) is 37.9. The first-order valence-electron chi connectivity index (χ1n) is 9.99. The number of nitro groups is 1. The molecule has 30 heavy (non-hydrogen) atoms. The Hall–Kier alpha value is -3.42. The van der Waals surface area contributed by atoms with Crippen LogP contribution in [-0.4, -0.2) is 32.7 Å². The van der Waals surface area contributed by atoms with Gasteiger partial charge in [-0.15, -0.1) is 0 Å². The second-order valence-corrected chi connectivity index (χ2v) is 7.75. The lowest BCUT2D eigenvalue weighted by atomic mass is 9.92. The van der Waals surface area contributed by atoms with E-state index in [-0.39, 0.29) is 28.6 Å². The van der Waals surface area contributed by atoms with Gasteiger partial charge in [-0.3, -0.25) is 19.7 Å². The van der Waals surface area contributed by atoms with E-state index < -0.39 is 22.7 Å². The third-order valence-electron chi connectivity index (χ3n) is 5.83. The fourth-order valence-corrected chi connectivity index (χ4v) is 4.36. The number of carbonyl (C=O) groups is 2.